The molecule has 0 N–H and O–H groups in total. The van der Waals surface area contributed by atoms with Crippen molar-refractivity contribution < 1.29 is 0 Å². The zero-order valence-electron chi connectivity index (χ0n) is 20.3. The summed E-state index contributed by atoms with van der Waals surface area (Å²) in [4.78, 5) is 15.0. The van der Waals surface area contributed by atoms with Gasteiger partial charge in [0.05, 0.1) is 16.6 Å². The Morgan fingerprint density at radius 2 is 0.722 bits per heavy atom. The first-order valence-corrected chi connectivity index (χ1v) is 12.1. The topological polar surface area (TPSA) is 53.5 Å². The Bertz CT molecular complexity index is 1700. The number of benzene rings is 3. The number of hydrogen-bond acceptors (Lipinski definition) is 3. The second kappa shape index (κ2) is 7.65. The van der Waals surface area contributed by atoms with Gasteiger partial charge in [-0.1, -0.05) is 54.6 Å². The van der Waals surface area contributed by atoms with Gasteiger partial charge in [-0.05, 0) is 55.7 Å². The molecule has 0 amide bonds. The van der Waals surface area contributed by atoms with Crippen LogP contribution in [-0.2, 0) is 0 Å². The molecule has 3 aromatic carbocycles. The number of hydrogen-bond donors (Lipinski definition) is 0. The molecule has 0 bridgehead atoms. The lowest BCUT2D eigenvalue weighted by atomic mass is 10.2. The molecule has 0 fully saturated rings. The van der Waals surface area contributed by atoms with Gasteiger partial charge in [-0.15, -0.1) is 0 Å². The molecule has 7 rings (SSSR count). The highest BCUT2D eigenvalue weighted by Gasteiger charge is 2.17. The summed E-state index contributed by atoms with van der Waals surface area (Å²) in [5, 5.41) is 3.47. The quantitative estimate of drug-likeness (QED) is 0.292. The van der Waals surface area contributed by atoms with Gasteiger partial charge in [-0.25, -0.2) is 0 Å². The van der Waals surface area contributed by atoms with E-state index < -0.39 is 0 Å². The number of fused-ring (bicyclic) bond motifs is 3. The summed E-state index contributed by atoms with van der Waals surface area (Å²) in [5.41, 5.74) is 6.81. The predicted octanol–water partition coefficient (Wildman–Crippen LogP) is 6.63. The van der Waals surface area contributed by atoms with Crippen molar-refractivity contribution in [3.05, 3.63) is 108 Å². The zero-order valence-corrected chi connectivity index (χ0v) is 20.3. The molecule has 0 aliphatic heterocycles. The van der Waals surface area contributed by atoms with Gasteiger partial charge in [-0.2, -0.15) is 15.0 Å². The summed E-state index contributed by atoms with van der Waals surface area (Å²) >= 11 is 0. The van der Waals surface area contributed by atoms with Gasteiger partial charge in [0.1, 0.15) is 0 Å². The Balaban J connectivity index is 1.55. The number of para-hydroxylation sites is 3. The van der Waals surface area contributed by atoms with E-state index in [0.29, 0.717) is 17.8 Å². The van der Waals surface area contributed by atoms with E-state index >= 15 is 0 Å². The van der Waals surface area contributed by atoms with Gasteiger partial charge < -0.3 is 0 Å². The molecule has 0 aliphatic carbocycles. The van der Waals surface area contributed by atoms with Crippen LogP contribution in [0.15, 0.2) is 91.4 Å². The van der Waals surface area contributed by atoms with Crippen molar-refractivity contribution in [1.82, 2.24) is 28.7 Å². The van der Waals surface area contributed by atoms with Crippen molar-refractivity contribution >= 4 is 32.7 Å². The number of rotatable bonds is 3. The van der Waals surface area contributed by atoms with Crippen molar-refractivity contribution in [3.63, 3.8) is 0 Å². The first kappa shape index (κ1) is 20.6. The maximum absolute atomic E-state index is 5.00. The summed E-state index contributed by atoms with van der Waals surface area (Å²) in [7, 11) is 0. The van der Waals surface area contributed by atoms with E-state index in [2.05, 4.69) is 107 Å². The molecule has 0 unspecified atom stereocenters. The minimum atomic E-state index is 0.588. The highest BCUT2D eigenvalue weighted by atomic mass is 15.3. The van der Waals surface area contributed by atoms with Crippen molar-refractivity contribution in [2.24, 2.45) is 0 Å². The summed E-state index contributed by atoms with van der Waals surface area (Å²) in [6.45, 7) is 6.36. The van der Waals surface area contributed by atoms with E-state index in [1.54, 1.807) is 0 Å². The highest BCUT2D eigenvalue weighted by molar-refractivity contribution is 5.86. The summed E-state index contributed by atoms with van der Waals surface area (Å²) < 4.78 is 6.20. The average molecular weight is 469 g/mol. The summed E-state index contributed by atoms with van der Waals surface area (Å²) in [6, 6.07) is 25.3. The van der Waals surface area contributed by atoms with Crippen LogP contribution in [0, 0.1) is 20.8 Å². The van der Waals surface area contributed by atoms with Crippen LogP contribution >= 0.6 is 0 Å². The lowest BCUT2D eigenvalue weighted by Crippen LogP contribution is -2.12. The predicted molar refractivity (Wildman–Crippen MR) is 145 cm³/mol. The molecule has 0 spiro atoms. The third-order valence-electron chi connectivity index (χ3n) is 6.99. The SMILES string of the molecule is Cc1cccc2ccn(-c3nc(-n4ccc5cccc(C)c54)nc(-n4ccc5cccc(C)c54)n3)c12. The molecule has 0 saturated heterocycles. The second-order valence-electron chi connectivity index (χ2n) is 9.33. The standard InChI is InChI=1S/C30H24N6/c1-19-7-4-10-22-13-16-34(25(19)22)28-31-29(35-17-14-23-11-5-8-20(2)26(23)35)33-30(32-28)36-18-15-24-12-6-9-21(3)27(24)36/h4-18H,1-3H3. The van der Waals surface area contributed by atoms with E-state index in [0.717, 1.165) is 32.7 Å². The Hall–Kier alpha value is -4.71. The van der Waals surface area contributed by atoms with Crippen LogP contribution in [0.5, 0.6) is 0 Å². The third kappa shape index (κ3) is 3.01. The molecule has 4 aromatic heterocycles. The zero-order chi connectivity index (χ0) is 24.4. The van der Waals surface area contributed by atoms with Gasteiger partial charge in [0.25, 0.3) is 0 Å². The molecule has 0 radical (unpaired) electrons. The highest BCUT2D eigenvalue weighted by Crippen LogP contribution is 2.27. The first-order valence-electron chi connectivity index (χ1n) is 12.1. The van der Waals surface area contributed by atoms with Gasteiger partial charge in [-0.3, -0.25) is 13.7 Å². The molecule has 0 saturated carbocycles. The number of aryl methyl sites for hydroxylation is 3. The Morgan fingerprint density at radius 1 is 0.417 bits per heavy atom. The van der Waals surface area contributed by atoms with Crippen LogP contribution in [0.2, 0.25) is 0 Å². The van der Waals surface area contributed by atoms with Crippen molar-refractivity contribution in [2.45, 2.75) is 20.8 Å². The van der Waals surface area contributed by atoms with Gasteiger partial charge in [0, 0.05) is 34.7 Å². The number of aromatic nitrogens is 6. The Morgan fingerprint density at radius 3 is 1.03 bits per heavy atom. The maximum Gasteiger partial charge on any atom is 0.240 e. The molecule has 36 heavy (non-hydrogen) atoms. The lowest BCUT2D eigenvalue weighted by Gasteiger charge is -2.13. The largest absolute Gasteiger partial charge is 0.285 e. The van der Waals surface area contributed by atoms with Crippen LogP contribution in [0.1, 0.15) is 16.7 Å². The van der Waals surface area contributed by atoms with Crippen molar-refractivity contribution in [2.75, 3.05) is 0 Å². The molecule has 6 nitrogen and oxygen atoms in total. The van der Waals surface area contributed by atoms with E-state index in [4.69, 9.17) is 15.0 Å². The molecule has 0 atom stereocenters. The third-order valence-corrected chi connectivity index (χ3v) is 6.99. The Kier molecular flexibility index (Phi) is 4.39. The van der Waals surface area contributed by atoms with Crippen molar-refractivity contribution in [3.8, 4) is 17.8 Å². The summed E-state index contributed by atoms with van der Waals surface area (Å²) in [5.74, 6) is 1.76. The number of nitrogens with zero attached hydrogens (tertiary/aromatic N) is 6. The van der Waals surface area contributed by atoms with Crippen LogP contribution in [0.3, 0.4) is 0 Å². The first-order chi connectivity index (χ1) is 17.6. The fraction of sp³-hybridized carbons (Fsp3) is 0.100. The van der Waals surface area contributed by atoms with Crippen LogP contribution < -0.4 is 0 Å². The minimum Gasteiger partial charge on any atom is -0.285 e. The van der Waals surface area contributed by atoms with Gasteiger partial charge in [0.2, 0.25) is 17.8 Å². The molecular formula is C30H24N6. The minimum absolute atomic E-state index is 0.588. The monoisotopic (exact) mass is 468 g/mol. The van der Waals surface area contributed by atoms with E-state index in [9.17, 15) is 0 Å². The lowest BCUT2D eigenvalue weighted by molar-refractivity contribution is 0.823. The molecule has 174 valence electrons. The van der Waals surface area contributed by atoms with Gasteiger partial charge in [0.15, 0.2) is 0 Å². The molecule has 0 aliphatic rings. The van der Waals surface area contributed by atoms with Crippen molar-refractivity contribution in [1.29, 1.82) is 0 Å². The second-order valence-corrected chi connectivity index (χ2v) is 9.33. The smallest absolute Gasteiger partial charge is 0.240 e. The van der Waals surface area contributed by atoms with E-state index in [-0.39, 0.29) is 0 Å². The fourth-order valence-corrected chi connectivity index (χ4v) is 5.29. The molecular weight excluding hydrogens is 444 g/mol. The molecule has 7 aromatic rings. The molecule has 4 heterocycles. The van der Waals surface area contributed by atoms with Gasteiger partial charge >= 0.3 is 0 Å². The molecule has 6 heteroatoms. The maximum atomic E-state index is 5.00. The summed E-state index contributed by atoms with van der Waals surface area (Å²) in [6.07, 6.45) is 6.12. The van der Waals surface area contributed by atoms with E-state index in [1.807, 2.05) is 18.6 Å². The van der Waals surface area contributed by atoms with Crippen LogP contribution in [0.4, 0.5) is 0 Å². The normalized spacial score (nSPS) is 11.8. The van der Waals surface area contributed by atoms with E-state index in [1.165, 1.54) is 16.7 Å². The Labute approximate surface area is 208 Å². The van der Waals surface area contributed by atoms with Crippen LogP contribution in [-0.4, -0.2) is 28.7 Å². The fourth-order valence-electron chi connectivity index (χ4n) is 5.29. The average Bonchev–Trinajstić information content (AvgIpc) is 3.62. The van der Waals surface area contributed by atoms with Crippen LogP contribution in [0.25, 0.3) is 50.6 Å².